The van der Waals surface area contributed by atoms with Gasteiger partial charge in [-0.1, -0.05) is 0 Å². The van der Waals surface area contributed by atoms with E-state index >= 15 is 0 Å². The van der Waals surface area contributed by atoms with Crippen molar-refractivity contribution in [1.29, 1.82) is 0 Å². The zero-order valence-electron chi connectivity index (χ0n) is 9.65. The van der Waals surface area contributed by atoms with E-state index in [1.54, 1.807) is 4.74 Å². The molecule has 0 rings (SSSR count). The van der Waals surface area contributed by atoms with Gasteiger partial charge in [-0.15, -0.1) is 0 Å². The van der Waals surface area contributed by atoms with Crippen LogP contribution in [0, 0.1) is 0 Å². The summed E-state index contributed by atoms with van der Waals surface area (Å²) in [6.45, 7) is 0. The molecule has 138 valence electrons. The van der Waals surface area contributed by atoms with Crippen molar-refractivity contribution in [2.45, 2.75) is 23.6 Å². The molecule has 1 atom stereocenters. The Balaban J connectivity index is 6.11. The highest BCUT2D eigenvalue weighted by molar-refractivity contribution is 7.86. The van der Waals surface area contributed by atoms with E-state index < -0.39 is 45.8 Å². The maximum absolute atomic E-state index is 13.2. The van der Waals surface area contributed by atoms with Gasteiger partial charge in [-0.05, 0) is 0 Å². The molecule has 5 nitrogen and oxygen atoms in total. The van der Waals surface area contributed by atoms with Gasteiger partial charge in [0, 0.05) is 0 Å². The molecule has 0 aliphatic rings. The molecule has 23 heavy (non-hydrogen) atoms. The largest absolute Gasteiger partial charge is 0.491 e. The topological polar surface area (TPSA) is 72.8 Å². The molecule has 0 amide bonds. The van der Waals surface area contributed by atoms with Gasteiger partial charge >= 0.3 is 45.8 Å². The Hall–Kier alpha value is -1.36. The minimum absolute atomic E-state index is 1.73. The first-order valence-electron chi connectivity index (χ1n) is 4.37. The van der Waals surface area contributed by atoms with E-state index in [0.29, 0.717) is 0 Å². The third kappa shape index (κ3) is 4.34. The average molecular weight is 394 g/mol. The molecule has 0 aromatic rings. The van der Waals surface area contributed by atoms with E-state index in [4.69, 9.17) is 4.55 Å². The second kappa shape index (κ2) is 5.93. The van der Waals surface area contributed by atoms with Crippen LogP contribution in [0.15, 0.2) is 12.1 Å². The van der Waals surface area contributed by atoms with Crippen molar-refractivity contribution in [3.8, 4) is 0 Å². The van der Waals surface area contributed by atoms with Crippen molar-refractivity contribution >= 4 is 10.1 Å². The summed E-state index contributed by atoms with van der Waals surface area (Å²) in [6.07, 6.45) is -18.1. The predicted molar refractivity (Wildman–Crippen MR) is 43.9 cm³/mol. The van der Waals surface area contributed by atoms with Crippen molar-refractivity contribution in [2.75, 3.05) is 0 Å². The summed E-state index contributed by atoms with van der Waals surface area (Å²) >= 11 is 0. The van der Waals surface area contributed by atoms with Crippen LogP contribution >= 0.6 is 0 Å². The molecule has 0 saturated heterocycles. The zero-order chi connectivity index (χ0) is 19.1. The van der Waals surface area contributed by atoms with Crippen molar-refractivity contribution in [2.24, 2.45) is 0 Å². The molecule has 0 heterocycles. The van der Waals surface area contributed by atoms with Gasteiger partial charge in [0.25, 0.3) is 0 Å². The van der Waals surface area contributed by atoms with Gasteiger partial charge in [-0.2, -0.15) is 56.7 Å². The Bertz CT molecular complexity index is 576. The van der Waals surface area contributed by atoms with Crippen LogP contribution in [0.1, 0.15) is 0 Å². The fourth-order valence-corrected chi connectivity index (χ4v) is 0.936. The van der Waals surface area contributed by atoms with Crippen LogP contribution in [-0.4, -0.2) is 36.6 Å². The van der Waals surface area contributed by atoms with Crippen molar-refractivity contribution in [3.05, 3.63) is 12.1 Å². The highest BCUT2D eigenvalue weighted by atomic mass is 32.2. The smallest absolute Gasteiger partial charge is 0.398 e. The van der Waals surface area contributed by atoms with Crippen LogP contribution in [0.2, 0.25) is 0 Å². The lowest BCUT2D eigenvalue weighted by Gasteiger charge is -2.34. The predicted octanol–water partition coefficient (Wildman–Crippen LogP) is 3.31. The number of ether oxygens (including phenoxy) is 2. The maximum atomic E-state index is 13.2. The first-order chi connectivity index (χ1) is 9.78. The minimum Gasteiger partial charge on any atom is -0.398 e. The van der Waals surface area contributed by atoms with Crippen LogP contribution in [-0.2, 0) is 19.6 Å². The van der Waals surface area contributed by atoms with Gasteiger partial charge in [0.1, 0.15) is 0 Å². The standard InChI is InChI=1S/C6HF11O5S/c7-1(8)2(9)21-5(14,15)3(10,4(11,12)13)22-6(16,17)23(18,19)20/h(H,18,19,20). The molecule has 0 radical (unpaired) electrons. The van der Waals surface area contributed by atoms with Crippen molar-refractivity contribution in [1.82, 2.24) is 0 Å². The average Bonchev–Trinajstić information content (AvgIpc) is 2.23. The molecule has 17 heteroatoms. The number of rotatable bonds is 6. The first-order valence-corrected chi connectivity index (χ1v) is 5.81. The lowest BCUT2D eigenvalue weighted by molar-refractivity contribution is -0.485. The highest BCUT2D eigenvalue weighted by Crippen LogP contribution is 2.51. The van der Waals surface area contributed by atoms with Crippen LogP contribution < -0.4 is 0 Å². The lowest BCUT2D eigenvalue weighted by atomic mass is 10.2. The van der Waals surface area contributed by atoms with E-state index in [-0.39, 0.29) is 0 Å². The summed E-state index contributed by atoms with van der Waals surface area (Å²) in [6, 6.07) is -3.81. The van der Waals surface area contributed by atoms with Crippen LogP contribution in [0.25, 0.3) is 0 Å². The Kier molecular flexibility index (Phi) is 5.58. The summed E-state index contributed by atoms with van der Waals surface area (Å²) in [5.74, 6) is -7.16. The van der Waals surface area contributed by atoms with E-state index in [9.17, 15) is 56.7 Å². The third-order valence-corrected chi connectivity index (χ3v) is 2.35. The fourth-order valence-electron chi connectivity index (χ4n) is 0.715. The van der Waals surface area contributed by atoms with Gasteiger partial charge in [0.2, 0.25) is 0 Å². The summed E-state index contributed by atoms with van der Waals surface area (Å²) in [5.41, 5.74) is -6.64. The van der Waals surface area contributed by atoms with E-state index in [0.717, 1.165) is 0 Å². The lowest BCUT2D eigenvalue weighted by Crippen LogP contribution is -2.61. The number of hydrogen-bond donors (Lipinski definition) is 1. The molecule has 0 aliphatic carbocycles. The Labute approximate surface area is 118 Å². The van der Waals surface area contributed by atoms with Gasteiger partial charge in [0.15, 0.2) is 0 Å². The van der Waals surface area contributed by atoms with Crippen molar-refractivity contribution < 1.29 is 70.7 Å². The number of halogens is 11. The normalized spacial score (nSPS) is 16.7. The number of hydrogen-bond acceptors (Lipinski definition) is 4. The highest BCUT2D eigenvalue weighted by Gasteiger charge is 2.80. The fraction of sp³-hybridized carbons (Fsp3) is 0.667. The van der Waals surface area contributed by atoms with Gasteiger partial charge in [-0.3, -0.25) is 9.29 Å². The first kappa shape index (κ1) is 21.6. The zero-order valence-corrected chi connectivity index (χ0v) is 10.5. The number of alkyl halides is 8. The molecule has 0 spiro atoms. The van der Waals surface area contributed by atoms with E-state index in [1.165, 1.54) is 0 Å². The maximum Gasteiger partial charge on any atom is 0.491 e. The van der Waals surface area contributed by atoms with Gasteiger partial charge in [0.05, 0.1) is 0 Å². The Morgan fingerprint density at radius 2 is 1.26 bits per heavy atom. The Morgan fingerprint density at radius 3 is 1.52 bits per heavy atom. The molecule has 0 aromatic carbocycles. The molecule has 0 fully saturated rings. The second-order valence-corrected chi connectivity index (χ2v) is 4.71. The monoisotopic (exact) mass is 394 g/mol. The van der Waals surface area contributed by atoms with E-state index in [1.807, 2.05) is 4.74 Å². The molecule has 1 unspecified atom stereocenters. The Morgan fingerprint density at radius 1 is 0.870 bits per heavy atom. The SMILES string of the molecule is O=S(=O)(O)C(F)(F)OC(F)(C(F)(F)F)C(F)(F)OC(F)=C(F)F. The summed E-state index contributed by atoms with van der Waals surface area (Å²) < 4.78 is 167. The molecule has 1 N–H and O–H groups in total. The summed E-state index contributed by atoms with van der Waals surface area (Å²) in [5, 5.41) is 0. The summed E-state index contributed by atoms with van der Waals surface area (Å²) in [4.78, 5) is 0. The van der Waals surface area contributed by atoms with Gasteiger partial charge in [-0.25, -0.2) is 0 Å². The molecular weight excluding hydrogens is 393 g/mol. The van der Waals surface area contributed by atoms with Gasteiger partial charge < -0.3 is 4.74 Å². The third-order valence-electron chi connectivity index (χ3n) is 1.67. The second-order valence-electron chi connectivity index (χ2n) is 3.29. The molecule has 0 bridgehead atoms. The van der Waals surface area contributed by atoms with Crippen molar-refractivity contribution in [3.63, 3.8) is 0 Å². The van der Waals surface area contributed by atoms with Crippen LogP contribution in [0.3, 0.4) is 0 Å². The minimum atomic E-state index is -7.27. The van der Waals surface area contributed by atoms with Crippen LogP contribution in [0.5, 0.6) is 0 Å². The molecular formula is C6HF11O5S. The van der Waals surface area contributed by atoms with E-state index in [2.05, 4.69) is 0 Å². The van der Waals surface area contributed by atoms with Crippen LogP contribution in [0.4, 0.5) is 48.3 Å². The molecule has 0 aliphatic heterocycles. The quantitative estimate of drug-likeness (QED) is 0.425. The summed E-state index contributed by atoms with van der Waals surface area (Å²) in [7, 11) is -7.04. The molecule has 0 aromatic heterocycles. The molecule has 0 saturated carbocycles.